The van der Waals surface area contributed by atoms with Gasteiger partial charge in [0.05, 0.1) is 17.3 Å². The van der Waals surface area contributed by atoms with Gasteiger partial charge in [-0.3, -0.25) is 9.89 Å². The van der Waals surface area contributed by atoms with Crippen molar-refractivity contribution in [1.82, 2.24) is 25.0 Å². The smallest absolute Gasteiger partial charge is 0.416 e. The molecule has 0 fully saturated rings. The van der Waals surface area contributed by atoms with E-state index in [4.69, 9.17) is 4.74 Å². The third kappa shape index (κ3) is 3.86. The van der Waals surface area contributed by atoms with Gasteiger partial charge in [-0.1, -0.05) is 24.3 Å². The zero-order valence-corrected chi connectivity index (χ0v) is 14.6. The molecule has 29 heavy (non-hydrogen) atoms. The maximum atomic E-state index is 13.0. The van der Waals surface area contributed by atoms with Crippen LogP contribution in [0.4, 0.5) is 13.2 Å². The highest BCUT2D eigenvalue weighted by Crippen LogP contribution is 2.31. The number of aromatic nitrogens is 5. The van der Waals surface area contributed by atoms with Crippen LogP contribution in [0.3, 0.4) is 0 Å². The lowest BCUT2D eigenvalue weighted by Crippen LogP contribution is -2.22. The molecule has 2 heterocycles. The Kier molecular flexibility index (Phi) is 4.59. The highest BCUT2D eigenvalue weighted by atomic mass is 19.4. The number of benzene rings is 2. The molecule has 4 aromatic rings. The number of nitrogens with zero attached hydrogens (tertiary/aromatic N) is 4. The first kappa shape index (κ1) is 18.4. The molecule has 0 saturated carbocycles. The first-order chi connectivity index (χ1) is 13.9. The fourth-order valence-electron chi connectivity index (χ4n) is 2.62. The molecule has 1 N–H and O–H groups in total. The summed E-state index contributed by atoms with van der Waals surface area (Å²) >= 11 is 0. The Labute approximate surface area is 161 Å². The van der Waals surface area contributed by atoms with Crippen LogP contribution in [0.25, 0.3) is 17.2 Å². The number of aromatic amines is 1. The number of hydrogen-bond donors (Lipinski definition) is 1. The van der Waals surface area contributed by atoms with Crippen LogP contribution in [-0.4, -0.2) is 25.0 Å². The van der Waals surface area contributed by atoms with E-state index in [9.17, 15) is 18.0 Å². The lowest BCUT2D eigenvalue weighted by Gasteiger charge is -2.13. The summed E-state index contributed by atoms with van der Waals surface area (Å²) in [7, 11) is 0. The van der Waals surface area contributed by atoms with E-state index in [0.717, 1.165) is 22.9 Å². The van der Waals surface area contributed by atoms with Gasteiger partial charge in [0, 0.05) is 0 Å². The average Bonchev–Trinajstić information content (AvgIpc) is 3.23. The van der Waals surface area contributed by atoms with Crippen molar-refractivity contribution >= 4 is 0 Å². The van der Waals surface area contributed by atoms with Gasteiger partial charge in [-0.2, -0.15) is 28.1 Å². The predicted molar refractivity (Wildman–Crippen MR) is 96.7 cm³/mol. The van der Waals surface area contributed by atoms with Crippen LogP contribution in [0.15, 0.2) is 71.8 Å². The molecule has 2 aromatic carbocycles. The highest BCUT2D eigenvalue weighted by molar-refractivity contribution is 5.59. The third-order valence-corrected chi connectivity index (χ3v) is 3.93. The van der Waals surface area contributed by atoms with Gasteiger partial charge in [-0.15, -0.1) is 0 Å². The van der Waals surface area contributed by atoms with Crippen molar-refractivity contribution in [2.24, 2.45) is 0 Å². The van der Waals surface area contributed by atoms with E-state index in [1.165, 1.54) is 18.5 Å². The zero-order chi connectivity index (χ0) is 20.4. The molecule has 0 aliphatic rings. The van der Waals surface area contributed by atoms with Crippen molar-refractivity contribution in [2.45, 2.75) is 6.18 Å². The summed E-state index contributed by atoms with van der Waals surface area (Å²) in [5.41, 5.74) is -1.49. The van der Waals surface area contributed by atoms with Crippen LogP contribution in [0.5, 0.6) is 11.5 Å². The zero-order valence-electron chi connectivity index (χ0n) is 14.6. The average molecular weight is 399 g/mol. The van der Waals surface area contributed by atoms with Gasteiger partial charge >= 0.3 is 6.18 Å². The summed E-state index contributed by atoms with van der Waals surface area (Å²) in [6, 6.07) is 14.1. The van der Waals surface area contributed by atoms with Crippen molar-refractivity contribution < 1.29 is 17.9 Å². The van der Waals surface area contributed by atoms with E-state index in [1.807, 2.05) is 0 Å². The summed E-state index contributed by atoms with van der Waals surface area (Å²) in [4.78, 5) is 16.6. The molecule has 2 aromatic heterocycles. The van der Waals surface area contributed by atoms with Gasteiger partial charge in [-0.05, 0) is 30.3 Å². The van der Waals surface area contributed by atoms with Gasteiger partial charge < -0.3 is 4.74 Å². The van der Waals surface area contributed by atoms with Crippen LogP contribution in [-0.2, 0) is 6.18 Å². The molecule has 0 radical (unpaired) electrons. The summed E-state index contributed by atoms with van der Waals surface area (Å²) in [6.45, 7) is 0. The Balaban J connectivity index is 1.85. The Hall–Kier alpha value is -3.95. The predicted octanol–water partition coefficient (Wildman–Crippen LogP) is 3.83. The van der Waals surface area contributed by atoms with E-state index >= 15 is 0 Å². The van der Waals surface area contributed by atoms with Crippen molar-refractivity contribution in [3.8, 4) is 28.7 Å². The standard InChI is InChI=1S/C19H12F3N5O2/c20-19(21,22)12-5-4-6-13(9-12)27-16(28)10-15(29-14-7-2-1-3-8-14)17(26-27)18-23-11-24-25-18/h1-11H,(H,23,24,25). The molecular weight excluding hydrogens is 387 g/mol. The molecule has 0 bridgehead atoms. The topological polar surface area (TPSA) is 85.7 Å². The van der Waals surface area contributed by atoms with Crippen LogP contribution in [0.2, 0.25) is 0 Å². The molecule has 10 heteroatoms. The van der Waals surface area contributed by atoms with Gasteiger partial charge in [0.2, 0.25) is 0 Å². The monoisotopic (exact) mass is 399 g/mol. The van der Waals surface area contributed by atoms with Gasteiger partial charge in [0.15, 0.2) is 17.3 Å². The molecule has 0 unspecified atom stereocenters. The van der Waals surface area contributed by atoms with Crippen molar-refractivity contribution in [3.05, 3.63) is 82.9 Å². The first-order valence-corrected chi connectivity index (χ1v) is 8.32. The van der Waals surface area contributed by atoms with Crippen molar-refractivity contribution in [1.29, 1.82) is 0 Å². The highest BCUT2D eigenvalue weighted by Gasteiger charge is 2.30. The number of nitrogens with one attached hydrogen (secondary N) is 1. The summed E-state index contributed by atoms with van der Waals surface area (Å²) < 4.78 is 45.7. The van der Waals surface area contributed by atoms with Crippen LogP contribution in [0.1, 0.15) is 5.56 Å². The second kappa shape index (κ2) is 7.23. The molecule has 7 nitrogen and oxygen atoms in total. The Bertz CT molecular complexity index is 1190. The largest absolute Gasteiger partial charge is 0.455 e. The number of para-hydroxylation sites is 1. The second-order valence-corrected chi connectivity index (χ2v) is 5.90. The normalized spacial score (nSPS) is 11.4. The number of rotatable bonds is 4. The van der Waals surface area contributed by atoms with Crippen molar-refractivity contribution in [2.75, 3.05) is 0 Å². The van der Waals surface area contributed by atoms with E-state index in [1.54, 1.807) is 30.3 Å². The molecule has 0 aliphatic heterocycles. The SMILES string of the molecule is O=c1cc(Oc2ccccc2)c(-c2ncn[nH]2)nn1-c1cccc(C(F)(F)F)c1. The van der Waals surface area contributed by atoms with E-state index in [0.29, 0.717) is 5.75 Å². The number of ether oxygens (including phenoxy) is 1. The summed E-state index contributed by atoms with van der Waals surface area (Å²) in [6.07, 6.45) is -3.31. The third-order valence-electron chi connectivity index (χ3n) is 3.93. The molecule has 0 aliphatic carbocycles. The first-order valence-electron chi connectivity index (χ1n) is 8.32. The van der Waals surface area contributed by atoms with Crippen LogP contribution < -0.4 is 10.3 Å². The molecule has 146 valence electrons. The summed E-state index contributed by atoms with van der Waals surface area (Å²) in [5.74, 6) is 0.726. The van der Waals surface area contributed by atoms with Gasteiger partial charge in [0.25, 0.3) is 5.56 Å². The summed E-state index contributed by atoms with van der Waals surface area (Å²) in [5, 5.41) is 10.5. The van der Waals surface area contributed by atoms with E-state index in [-0.39, 0.29) is 23.0 Å². The molecule has 4 rings (SSSR count). The van der Waals surface area contributed by atoms with Crippen molar-refractivity contribution in [3.63, 3.8) is 0 Å². The quantitative estimate of drug-likeness (QED) is 0.564. The second-order valence-electron chi connectivity index (χ2n) is 5.90. The molecule has 0 spiro atoms. The lowest BCUT2D eigenvalue weighted by atomic mass is 10.2. The Morgan fingerprint density at radius 3 is 2.48 bits per heavy atom. The number of hydrogen-bond acceptors (Lipinski definition) is 5. The van der Waals surface area contributed by atoms with Gasteiger partial charge in [-0.25, -0.2) is 4.98 Å². The Morgan fingerprint density at radius 2 is 1.79 bits per heavy atom. The Morgan fingerprint density at radius 1 is 1.00 bits per heavy atom. The van der Waals surface area contributed by atoms with E-state index < -0.39 is 17.3 Å². The minimum atomic E-state index is -4.55. The number of H-pyrrole nitrogens is 1. The number of halogens is 3. The minimum absolute atomic E-state index is 0.0446. The fraction of sp³-hybridized carbons (Fsp3) is 0.0526. The van der Waals surface area contributed by atoms with Crippen LogP contribution >= 0.6 is 0 Å². The van der Waals surface area contributed by atoms with Gasteiger partial charge in [0.1, 0.15) is 12.1 Å². The molecule has 0 amide bonds. The van der Waals surface area contributed by atoms with Crippen LogP contribution in [0, 0.1) is 0 Å². The molecule has 0 atom stereocenters. The number of alkyl halides is 3. The maximum Gasteiger partial charge on any atom is 0.416 e. The molecule has 0 saturated heterocycles. The minimum Gasteiger partial charge on any atom is -0.455 e. The molecular formula is C19H12F3N5O2. The van der Waals surface area contributed by atoms with E-state index in [2.05, 4.69) is 20.3 Å². The lowest BCUT2D eigenvalue weighted by molar-refractivity contribution is -0.137. The fourth-order valence-corrected chi connectivity index (χ4v) is 2.62. The maximum absolute atomic E-state index is 13.0.